The van der Waals surface area contributed by atoms with Gasteiger partial charge in [0.15, 0.2) is 0 Å². The van der Waals surface area contributed by atoms with E-state index in [1.165, 1.54) is 0 Å². The van der Waals surface area contributed by atoms with Crippen LogP contribution in [0.5, 0.6) is 0 Å². The zero-order valence-electron chi connectivity index (χ0n) is 12.0. The number of rotatable bonds is 5. The van der Waals surface area contributed by atoms with Gasteiger partial charge in [-0.25, -0.2) is 0 Å². The highest BCUT2D eigenvalue weighted by atomic mass is 16.3. The Morgan fingerprint density at radius 2 is 1.95 bits per heavy atom. The zero-order chi connectivity index (χ0) is 14.0. The fraction of sp³-hybridized carbons (Fsp3) is 0.562. The van der Waals surface area contributed by atoms with Gasteiger partial charge < -0.3 is 10.0 Å². The van der Waals surface area contributed by atoms with Gasteiger partial charge in [0.2, 0.25) is 5.91 Å². The minimum absolute atomic E-state index is 0.186. The summed E-state index contributed by atoms with van der Waals surface area (Å²) in [5.74, 6) is 0.186. The predicted molar refractivity (Wildman–Crippen MR) is 77.4 cm³/mol. The van der Waals surface area contributed by atoms with Crippen LogP contribution in [0.3, 0.4) is 0 Å². The van der Waals surface area contributed by atoms with E-state index in [1.54, 1.807) is 6.92 Å². The van der Waals surface area contributed by atoms with Crippen LogP contribution in [0, 0.1) is 0 Å². The van der Waals surface area contributed by atoms with Gasteiger partial charge in [-0.1, -0.05) is 18.2 Å². The summed E-state index contributed by atoms with van der Waals surface area (Å²) in [6, 6.07) is 8.04. The number of nitrogens with zero attached hydrogens (tertiary/aromatic N) is 1. The molecule has 0 aromatic heterocycles. The maximum atomic E-state index is 12.5. The highest BCUT2D eigenvalue weighted by Gasteiger charge is 2.43. The molecule has 1 amide bonds. The summed E-state index contributed by atoms with van der Waals surface area (Å²) in [4.78, 5) is 14.4. The fourth-order valence-electron chi connectivity index (χ4n) is 2.73. The minimum Gasteiger partial charge on any atom is -0.393 e. The van der Waals surface area contributed by atoms with E-state index >= 15 is 0 Å². The molecule has 1 atom stereocenters. The van der Waals surface area contributed by atoms with Gasteiger partial charge in [0.1, 0.15) is 0 Å². The molecule has 0 fully saturated rings. The summed E-state index contributed by atoms with van der Waals surface area (Å²) in [6.07, 6.45) is 2.43. The standard InChI is InChI=1S/C16H23NO2/c1-12(18)8-6-7-11-17-14-10-5-4-9-13(14)16(2,3)15(17)19/h4-5,9-10,12,18H,6-8,11H2,1-3H3. The quantitative estimate of drug-likeness (QED) is 0.828. The summed E-state index contributed by atoms with van der Waals surface area (Å²) < 4.78 is 0. The van der Waals surface area contributed by atoms with Gasteiger partial charge in [0.05, 0.1) is 11.5 Å². The van der Waals surface area contributed by atoms with Crippen LogP contribution >= 0.6 is 0 Å². The summed E-state index contributed by atoms with van der Waals surface area (Å²) >= 11 is 0. The molecular formula is C16H23NO2. The number of carbonyl (C=O) groups is 1. The molecule has 104 valence electrons. The Labute approximate surface area is 115 Å². The van der Waals surface area contributed by atoms with Crippen LogP contribution in [0.4, 0.5) is 5.69 Å². The fourth-order valence-corrected chi connectivity index (χ4v) is 2.73. The molecular weight excluding hydrogens is 238 g/mol. The molecule has 0 spiro atoms. The Kier molecular flexibility index (Phi) is 3.95. The first-order valence-corrected chi connectivity index (χ1v) is 7.04. The van der Waals surface area contributed by atoms with Gasteiger partial charge in [0, 0.05) is 12.2 Å². The van der Waals surface area contributed by atoms with E-state index in [0.717, 1.165) is 37.1 Å². The highest BCUT2D eigenvalue weighted by molar-refractivity contribution is 6.07. The van der Waals surface area contributed by atoms with Crippen LogP contribution in [0.25, 0.3) is 0 Å². The van der Waals surface area contributed by atoms with Crippen molar-refractivity contribution in [2.45, 2.75) is 51.6 Å². The number of unbranched alkanes of at least 4 members (excludes halogenated alkanes) is 1. The second kappa shape index (κ2) is 5.33. The average Bonchev–Trinajstić information content (AvgIpc) is 2.55. The highest BCUT2D eigenvalue weighted by Crippen LogP contribution is 2.41. The number of hydrogen-bond acceptors (Lipinski definition) is 2. The first-order valence-electron chi connectivity index (χ1n) is 7.04. The van der Waals surface area contributed by atoms with Crippen LogP contribution in [-0.4, -0.2) is 23.7 Å². The molecule has 0 bridgehead atoms. The number of aliphatic hydroxyl groups excluding tert-OH is 1. The molecule has 1 aliphatic heterocycles. The molecule has 0 saturated heterocycles. The van der Waals surface area contributed by atoms with Gasteiger partial charge >= 0.3 is 0 Å². The third-order valence-electron chi connectivity index (χ3n) is 3.90. The molecule has 1 aromatic carbocycles. The molecule has 3 nitrogen and oxygen atoms in total. The predicted octanol–water partition coefficient (Wildman–Crippen LogP) is 2.86. The van der Waals surface area contributed by atoms with Crippen molar-refractivity contribution in [1.29, 1.82) is 0 Å². The molecule has 1 unspecified atom stereocenters. The van der Waals surface area contributed by atoms with Gasteiger partial charge in [0.25, 0.3) is 0 Å². The van der Waals surface area contributed by atoms with Crippen molar-refractivity contribution in [1.82, 2.24) is 0 Å². The molecule has 0 radical (unpaired) electrons. The third kappa shape index (κ3) is 2.66. The minimum atomic E-state index is -0.416. The van der Waals surface area contributed by atoms with Gasteiger partial charge in [-0.15, -0.1) is 0 Å². The molecule has 1 aliphatic rings. The number of fused-ring (bicyclic) bond motifs is 1. The van der Waals surface area contributed by atoms with Crippen molar-refractivity contribution >= 4 is 11.6 Å². The number of amides is 1. The van der Waals surface area contributed by atoms with E-state index in [9.17, 15) is 9.90 Å². The Balaban J connectivity index is 2.08. The van der Waals surface area contributed by atoms with E-state index in [2.05, 4.69) is 0 Å². The van der Waals surface area contributed by atoms with Crippen molar-refractivity contribution in [2.24, 2.45) is 0 Å². The number of hydrogen-bond donors (Lipinski definition) is 1. The van der Waals surface area contributed by atoms with Gasteiger partial charge in [-0.05, 0) is 51.7 Å². The van der Waals surface area contributed by atoms with Crippen LogP contribution in [0.1, 0.15) is 45.6 Å². The Bertz CT molecular complexity index is 466. The van der Waals surface area contributed by atoms with Crippen LogP contribution in [0.2, 0.25) is 0 Å². The number of carbonyl (C=O) groups excluding carboxylic acids is 1. The lowest BCUT2D eigenvalue weighted by Crippen LogP contribution is -2.36. The van der Waals surface area contributed by atoms with E-state index in [1.807, 2.05) is 43.0 Å². The first kappa shape index (κ1) is 14.1. The van der Waals surface area contributed by atoms with Crippen molar-refractivity contribution in [3.63, 3.8) is 0 Å². The SMILES string of the molecule is CC(O)CCCCN1C(=O)C(C)(C)c2ccccc21. The van der Waals surface area contributed by atoms with Crippen molar-refractivity contribution in [3.05, 3.63) is 29.8 Å². The molecule has 1 aromatic rings. The van der Waals surface area contributed by atoms with E-state index in [4.69, 9.17) is 0 Å². The number of benzene rings is 1. The summed E-state index contributed by atoms with van der Waals surface area (Å²) in [6.45, 7) is 6.53. The smallest absolute Gasteiger partial charge is 0.237 e. The second-order valence-electron chi connectivity index (χ2n) is 5.94. The van der Waals surface area contributed by atoms with Gasteiger partial charge in [-0.2, -0.15) is 0 Å². The first-order chi connectivity index (χ1) is 8.94. The lowest BCUT2D eigenvalue weighted by atomic mass is 9.86. The number of para-hydroxylation sites is 1. The summed E-state index contributed by atoms with van der Waals surface area (Å²) in [7, 11) is 0. The summed E-state index contributed by atoms with van der Waals surface area (Å²) in [5, 5.41) is 9.26. The second-order valence-corrected chi connectivity index (χ2v) is 5.94. The summed E-state index contributed by atoms with van der Waals surface area (Å²) in [5.41, 5.74) is 1.76. The molecule has 19 heavy (non-hydrogen) atoms. The molecule has 1 N–H and O–H groups in total. The molecule has 3 heteroatoms. The van der Waals surface area contributed by atoms with Gasteiger partial charge in [-0.3, -0.25) is 4.79 Å². The topological polar surface area (TPSA) is 40.5 Å². The van der Waals surface area contributed by atoms with Crippen LogP contribution in [-0.2, 0) is 10.2 Å². The average molecular weight is 261 g/mol. The molecule has 0 aliphatic carbocycles. The Hall–Kier alpha value is -1.35. The number of aliphatic hydroxyl groups is 1. The van der Waals surface area contributed by atoms with Crippen molar-refractivity contribution in [2.75, 3.05) is 11.4 Å². The lowest BCUT2D eigenvalue weighted by Gasteiger charge is -2.20. The maximum absolute atomic E-state index is 12.5. The maximum Gasteiger partial charge on any atom is 0.237 e. The van der Waals surface area contributed by atoms with E-state index in [0.29, 0.717) is 0 Å². The zero-order valence-corrected chi connectivity index (χ0v) is 12.0. The van der Waals surface area contributed by atoms with Crippen LogP contribution < -0.4 is 4.90 Å². The van der Waals surface area contributed by atoms with Crippen LogP contribution in [0.15, 0.2) is 24.3 Å². The van der Waals surface area contributed by atoms with Crippen molar-refractivity contribution < 1.29 is 9.90 Å². The van der Waals surface area contributed by atoms with E-state index in [-0.39, 0.29) is 12.0 Å². The van der Waals surface area contributed by atoms with Crippen molar-refractivity contribution in [3.8, 4) is 0 Å². The molecule has 1 heterocycles. The largest absolute Gasteiger partial charge is 0.393 e. The lowest BCUT2D eigenvalue weighted by molar-refractivity contribution is -0.122. The molecule has 0 saturated carbocycles. The Morgan fingerprint density at radius 3 is 2.63 bits per heavy atom. The normalized spacial score (nSPS) is 18.5. The molecule has 2 rings (SSSR count). The monoisotopic (exact) mass is 261 g/mol. The number of anilines is 1. The van der Waals surface area contributed by atoms with E-state index < -0.39 is 5.41 Å². The third-order valence-corrected chi connectivity index (χ3v) is 3.90. The Morgan fingerprint density at radius 1 is 1.26 bits per heavy atom.